The first-order valence-electron chi connectivity index (χ1n) is 4.97. The van der Waals surface area contributed by atoms with Gasteiger partial charge in [-0.1, -0.05) is 23.7 Å². The number of benzene rings is 2. The van der Waals surface area contributed by atoms with Crippen LogP contribution in [0, 0.1) is 5.82 Å². The molecule has 0 saturated heterocycles. The van der Waals surface area contributed by atoms with Crippen molar-refractivity contribution in [3.8, 4) is 5.75 Å². The van der Waals surface area contributed by atoms with E-state index in [4.69, 9.17) is 16.3 Å². The Hall–Kier alpha value is -1.06. The number of ether oxygens (including phenoxy) is 1. The molecule has 0 unspecified atom stereocenters. The van der Waals surface area contributed by atoms with Crippen molar-refractivity contribution in [1.82, 2.24) is 0 Å². The fourth-order valence-electron chi connectivity index (χ4n) is 1.31. The molecule has 0 aliphatic rings. The molecule has 0 aliphatic carbocycles. The molecule has 2 aromatic carbocycles. The molecule has 0 aromatic heterocycles. The van der Waals surface area contributed by atoms with Gasteiger partial charge in [-0.05, 0) is 51.8 Å². The van der Waals surface area contributed by atoms with Gasteiger partial charge in [-0.25, -0.2) is 4.39 Å². The molecule has 0 spiro atoms. The van der Waals surface area contributed by atoms with Crippen LogP contribution in [-0.2, 0) is 6.61 Å². The van der Waals surface area contributed by atoms with Crippen molar-refractivity contribution in [2.24, 2.45) is 0 Å². The quantitative estimate of drug-likeness (QED) is 0.789. The molecule has 0 atom stereocenters. The van der Waals surface area contributed by atoms with Gasteiger partial charge in [-0.15, -0.1) is 0 Å². The van der Waals surface area contributed by atoms with Crippen LogP contribution in [-0.4, -0.2) is 0 Å². The number of halogens is 3. The Morgan fingerprint density at radius 1 is 1.12 bits per heavy atom. The molecule has 0 N–H and O–H groups in total. The second-order valence-electron chi connectivity index (χ2n) is 3.49. The summed E-state index contributed by atoms with van der Waals surface area (Å²) in [5, 5.41) is 0.693. The minimum Gasteiger partial charge on any atom is -0.489 e. The van der Waals surface area contributed by atoms with E-state index in [9.17, 15) is 4.39 Å². The minimum absolute atomic E-state index is 0.302. The maximum absolute atomic E-state index is 13.0. The van der Waals surface area contributed by atoms with Gasteiger partial charge >= 0.3 is 0 Å². The van der Waals surface area contributed by atoms with Crippen LogP contribution in [0.4, 0.5) is 4.39 Å². The lowest BCUT2D eigenvalue weighted by Gasteiger charge is -2.07. The van der Waals surface area contributed by atoms with Crippen LogP contribution in [0.25, 0.3) is 0 Å². The zero-order chi connectivity index (χ0) is 12.3. The Morgan fingerprint density at radius 2 is 1.82 bits per heavy atom. The maximum Gasteiger partial charge on any atom is 0.137 e. The van der Waals surface area contributed by atoms with Crippen molar-refractivity contribution < 1.29 is 9.13 Å². The van der Waals surface area contributed by atoms with Gasteiger partial charge in [-0.2, -0.15) is 0 Å². The van der Waals surface area contributed by atoms with Gasteiger partial charge in [0.2, 0.25) is 0 Å². The average molecular weight is 316 g/mol. The highest BCUT2D eigenvalue weighted by Crippen LogP contribution is 2.22. The fourth-order valence-corrected chi connectivity index (χ4v) is 1.80. The monoisotopic (exact) mass is 314 g/mol. The van der Waals surface area contributed by atoms with E-state index in [2.05, 4.69) is 15.9 Å². The lowest BCUT2D eigenvalue weighted by atomic mass is 10.2. The highest BCUT2D eigenvalue weighted by Gasteiger charge is 2.01. The smallest absolute Gasteiger partial charge is 0.137 e. The van der Waals surface area contributed by atoms with Crippen molar-refractivity contribution in [3.05, 3.63) is 63.3 Å². The van der Waals surface area contributed by atoms with E-state index in [0.29, 0.717) is 21.9 Å². The Balaban J connectivity index is 2.02. The molecule has 4 heteroatoms. The van der Waals surface area contributed by atoms with Gasteiger partial charge in [0, 0.05) is 5.02 Å². The number of hydrogen-bond acceptors (Lipinski definition) is 1. The van der Waals surface area contributed by atoms with Crippen LogP contribution in [0.1, 0.15) is 5.56 Å². The summed E-state index contributed by atoms with van der Waals surface area (Å²) < 4.78 is 18.9. The van der Waals surface area contributed by atoms with E-state index < -0.39 is 0 Å². The van der Waals surface area contributed by atoms with Gasteiger partial charge in [0.1, 0.15) is 18.2 Å². The molecule has 0 saturated carbocycles. The summed E-state index contributed by atoms with van der Waals surface area (Å²) in [5.41, 5.74) is 1.01. The second-order valence-corrected chi connectivity index (χ2v) is 4.78. The number of hydrogen-bond donors (Lipinski definition) is 0. The van der Waals surface area contributed by atoms with E-state index in [0.717, 1.165) is 5.56 Å². The predicted molar refractivity (Wildman–Crippen MR) is 69.9 cm³/mol. The van der Waals surface area contributed by atoms with Crippen LogP contribution < -0.4 is 4.74 Å². The van der Waals surface area contributed by atoms with Gasteiger partial charge in [-0.3, -0.25) is 0 Å². The molecule has 0 radical (unpaired) electrons. The van der Waals surface area contributed by atoms with Crippen molar-refractivity contribution in [2.45, 2.75) is 6.61 Å². The molecule has 0 fully saturated rings. The summed E-state index contributed by atoms with van der Waals surface area (Å²) in [6.07, 6.45) is 0. The third-order valence-corrected chi connectivity index (χ3v) is 3.07. The van der Waals surface area contributed by atoms with E-state index in [1.165, 1.54) is 6.07 Å². The van der Waals surface area contributed by atoms with E-state index in [1.807, 2.05) is 12.1 Å². The molecule has 0 aliphatic heterocycles. The summed E-state index contributed by atoms with van der Waals surface area (Å²) in [5.74, 6) is 0.317. The summed E-state index contributed by atoms with van der Waals surface area (Å²) in [7, 11) is 0. The van der Waals surface area contributed by atoms with E-state index in [-0.39, 0.29) is 5.82 Å². The normalized spacial score (nSPS) is 10.3. The van der Waals surface area contributed by atoms with Crippen LogP contribution in [0.2, 0.25) is 5.02 Å². The largest absolute Gasteiger partial charge is 0.489 e. The molecule has 0 amide bonds. The molecule has 1 nitrogen and oxygen atoms in total. The Kier molecular flexibility index (Phi) is 4.02. The lowest BCUT2D eigenvalue weighted by molar-refractivity contribution is 0.305. The SMILES string of the molecule is Fc1ccc(OCc2ccc(Cl)cc2)cc1Br. The third kappa shape index (κ3) is 3.45. The highest BCUT2D eigenvalue weighted by atomic mass is 79.9. The van der Waals surface area contributed by atoms with Crippen molar-refractivity contribution in [2.75, 3.05) is 0 Å². The first-order valence-corrected chi connectivity index (χ1v) is 6.14. The van der Waals surface area contributed by atoms with Gasteiger partial charge in [0.25, 0.3) is 0 Å². The van der Waals surface area contributed by atoms with Crippen LogP contribution in [0.5, 0.6) is 5.75 Å². The highest BCUT2D eigenvalue weighted by molar-refractivity contribution is 9.10. The molecule has 0 bridgehead atoms. The average Bonchev–Trinajstić information content (AvgIpc) is 2.33. The fraction of sp³-hybridized carbons (Fsp3) is 0.0769. The summed E-state index contributed by atoms with van der Waals surface area (Å²) in [4.78, 5) is 0. The van der Waals surface area contributed by atoms with Gasteiger partial charge in [0.05, 0.1) is 4.47 Å². The van der Waals surface area contributed by atoms with Crippen molar-refractivity contribution in [1.29, 1.82) is 0 Å². The maximum atomic E-state index is 13.0. The van der Waals surface area contributed by atoms with Crippen molar-refractivity contribution in [3.63, 3.8) is 0 Å². The second kappa shape index (κ2) is 5.52. The first kappa shape index (κ1) is 12.4. The Morgan fingerprint density at radius 3 is 2.47 bits per heavy atom. The Labute approximate surface area is 112 Å². The zero-order valence-electron chi connectivity index (χ0n) is 8.79. The van der Waals surface area contributed by atoms with Crippen LogP contribution in [0.3, 0.4) is 0 Å². The molecule has 0 heterocycles. The van der Waals surface area contributed by atoms with Crippen LogP contribution >= 0.6 is 27.5 Å². The molecule has 88 valence electrons. The summed E-state index contributed by atoms with van der Waals surface area (Å²) in [6.45, 7) is 0.426. The summed E-state index contributed by atoms with van der Waals surface area (Å²) >= 11 is 8.89. The van der Waals surface area contributed by atoms with Crippen molar-refractivity contribution >= 4 is 27.5 Å². The van der Waals surface area contributed by atoms with Crippen LogP contribution in [0.15, 0.2) is 46.9 Å². The zero-order valence-corrected chi connectivity index (χ0v) is 11.1. The third-order valence-electron chi connectivity index (χ3n) is 2.21. The summed E-state index contributed by atoms with van der Waals surface area (Å²) in [6, 6.07) is 12.0. The molecule has 17 heavy (non-hydrogen) atoms. The van der Waals surface area contributed by atoms with E-state index >= 15 is 0 Å². The molecular weight excluding hydrogens is 306 g/mol. The van der Waals surface area contributed by atoms with Gasteiger partial charge in [0.15, 0.2) is 0 Å². The lowest BCUT2D eigenvalue weighted by Crippen LogP contribution is -1.95. The Bertz CT molecular complexity index is 513. The standard InChI is InChI=1S/C13H9BrClFO/c14-12-7-11(5-6-13(12)16)17-8-9-1-3-10(15)4-2-9/h1-7H,8H2. The van der Waals surface area contributed by atoms with E-state index in [1.54, 1.807) is 24.3 Å². The molecule has 2 rings (SSSR count). The number of rotatable bonds is 3. The predicted octanol–water partition coefficient (Wildman–Crippen LogP) is 4.82. The van der Waals surface area contributed by atoms with Gasteiger partial charge < -0.3 is 4.74 Å². The topological polar surface area (TPSA) is 9.23 Å². The minimum atomic E-state index is -0.302. The molecule has 2 aromatic rings. The molecular formula is C13H9BrClFO. The first-order chi connectivity index (χ1) is 8.15.